The molecule has 0 aliphatic carbocycles. The first-order valence-corrected chi connectivity index (χ1v) is 11.0. The lowest BCUT2D eigenvalue weighted by Gasteiger charge is -2.21. The number of ether oxygens (including phenoxy) is 3. The Balaban J connectivity index is 1.60. The van der Waals surface area contributed by atoms with E-state index in [-0.39, 0.29) is 11.4 Å². The van der Waals surface area contributed by atoms with Gasteiger partial charge in [-0.1, -0.05) is 0 Å². The number of azo groups is 1. The van der Waals surface area contributed by atoms with Crippen LogP contribution >= 0.6 is 0 Å². The lowest BCUT2D eigenvalue weighted by molar-refractivity contribution is 0.0706. The molecule has 0 radical (unpaired) electrons. The average molecular weight is 524 g/mol. The molecule has 0 bridgehead atoms. The van der Waals surface area contributed by atoms with Crippen LogP contribution in [0.4, 0.5) is 39.0 Å². The van der Waals surface area contributed by atoms with E-state index in [2.05, 4.69) is 19.9 Å². The molecule has 1 fully saturated rings. The number of carbonyl (C=O) groups excluding carboxylic acids is 1. The summed E-state index contributed by atoms with van der Waals surface area (Å²) in [7, 11) is 4.40. The molecule has 1 aliphatic rings. The molecule has 37 heavy (non-hydrogen) atoms. The van der Waals surface area contributed by atoms with Gasteiger partial charge in [-0.2, -0.15) is 8.78 Å². The molecule has 0 unspecified atom stereocenters. The Bertz CT molecular complexity index is 1360. The molecule has 0 N–H and O–H groups in total. The van der Waals surface area contributed by atoms with Crippen molar-refractivity contribution in [2.75, 3.05) is 32.2 Å². The fraction of sp³-hybridized carbons (Fsp3) is 0.292. The number of aryl methyl sites for hydroxylation is 1. The molecular formula is C24H21F5N4O4. The van der Waals surface area contributed by atoms with Gasteiger partial charge in [-0.3, -0.25) is 0 Å². The van der Waals surface area contributed by atoms with Crippen molar-refractivity contribution in [1.29, 1.82) is 0 Å². The smallest absolute Gasteiger partial charge is 0.360 e. The quantitative estimate of drug-likeness (QED) is 0.0950. The van der Waals surface area contributed by atoms with Crippen LogP contribution in [0.25, 0.3) is 0 Å². The number of hydrogen-bond acceptors (Lipinski definition) is 7. The van der Waals surface area contributed by atoms with Gasteiger partial charge in [-0.25, -0.2) is 18.0 Å². The normalized spacial score (nSPS) is 13.5. The van der Waals surface area contributed by atoms with Crippen LogP contribution in [0, 0.1) is 29.1 Å². The number of halogens is 5. The van der Waals surface area contributed by atoms with E-state index in [1.165, 1.54) is 38.1 Å². The predicted molar refractivity (Wildman–Crippen MR) is 122 cm³/mol. The van der Waals surface area contributed by atoms with Gasteiger partial charge in [0, 0.05) is 38.5 Å². The van der Waals surface area contributed by atoms with Crippen LogP contribution in [0.5, 0.6) is 17.2 Å². The number of aromatic nitrogens is 1. The highest BCUT2D eigenvalue weighted by atomic mass is 19.2. The second-order valence-corrected chi connectivity index (χ2v) is 8.07. The van der Waals surface area contributed by atoms with Gasteiger partial charge in [0.25, 0.3) is 0 Å². The molecule has 8 nitrogen and oxygen atoms in total. The zero-order valence-corrected chi connectivity index (χ0v) is 19.9. The molecule has 1 saturated heterocycles. The maximum atomic E-state index is 13.9. The number of anilines is 1. The Kier molecular flexibility index (Phi) is 7.32. The third-order valence-electron chi connectivity index (χ3n) is 5.76. The Morgan fingerprint density at radius 2 is 1.43 bits per heavy atom. The fourth-order valence-corrected chi connectivity index (χ4v) is 3.88. The summed E-state index contributed by atoms with van der Waals surface area (Å²) >= 11 is 0. The zero-order chi connectivity index (χ0) is 26.9. The maximum Gasteiger partial charge on any atom is 0.360 e. The van der Waals surface area contributed by atoms with Gasteiger partial charge < -0.3 is 23.7 Å². The van der Waals surface area contributed by atoms with Crippen molar-refractivity contribution in [2.45, 2.75) is 12.8 Å². The first-order chi connectivity index (χ1) is 17.7. The van der Waals surface area contributed by atoms with Crippen molar-refractivity contribution >= 4 is 23.0 Å². The topological polar surface area (TPSA) is 77.7 Å². The molecule has 3 aromatic rings. The number of rotatable bonds is 7. The average Bonchev–Trinajstić information content (AvgIpc) is 3.57. The van der Waals surface area contributed by atoms with Crippen LogP contribution in [0.15, 0.2) is 34.6 Å². The molecule has 13 heteroatoms. The van der Waals surface area contributed by atoms with E-state index in [4.69, 9.17) is 9.47 Å². The number of carbonyl (C=O) groups is 1. The van der Waals surface area contributed by atoms with Crippen LogP contribution in [0.2, 0.25) is 0 Å². The number of nitrogens with zero attached hydrogens (tertiary/aromatic N) is 4. The molecule has 196 valence electrons. The fourth-order valence-electron chi connectivity index (χ4n) is 3.88. The molecule has 0 spiro atoms. The highest BCUT2D eigenvalue weighted by Crippen LogP contribution is 2.41. The lowest BCUT2D eigenvalue weighted by Crippen LogP contribution is -2.18. The Morgan fingerprint density at radius 1 is 0.838 bits per heavy atom. The molecule has 4 rings (SSSR count). The van der Waals surface area contributed by atoms with Crippen LogP contribution in [0.3, 0.4) is 0 Å². The molecule has 2 aromatic carbocycles. The van der Waals surface area contributed by atoms with Gasteiger partial charge in [-0.05, 0) is 18.9 Å². The Hall–Kier alpha value is -4.16. The lowest BCUT2D eigenvalue weighted by atomic mass is 10.2. The molecule has 2 heterocycles. The van der Waals surface area contributed by atoms with Gasteiger partial charge >= 0.3 is 5.97 Å². The van der Waals surface area contributed by atoms with Crippen LogP contribution in [0.1, 0.15) is 23.3 Å². The summed E-state index contributed by atoms with van der Waals surface area (Å²) in [5.74, 6) is -13.5. The summed E-state index contributed by atoms with van der Waals surface area (Å²) in [6, 6.07) is 4.60. The monoisotopic (exact) mass is 524 g/mol. The Labute approximate surface area is 207 Å². The molecule has 0 atom stereocenters. The second kappa shape index (κ2) is 10.4. The van der Waals surface area contributed by atoms with E-state index < -0.39 is 40.8 Å². The largest absolute Gasteiger partial charge is 0.494 e. The highest BCUT2D eigenvalue weighted by molar-refractivity contribution is 5.90. The van der Waals surface area contributed by atoms with Crippen molar-refractivity contribution in [3.63, 3.8) is 0 Å². The standard InChI is InChI=1S/C24H21F5N4O4/c1-32-11-12(8-15(32)24(34)37-23-21(28)19(26)18(25)20(27)22(23)29)30-31-13-9-17(36-3)14(10-16(13)35-2)33-6-4-5-7-33/h8-11H,4-7H2,1-3H3/b31-30+. The third kappa shape index (κ3) is 4.93. The van der Waals surface area contributed by atoms with Crippen molar-refractivity contribution in [2.24, 2.45) is 17.3 Å². The van der Waals surface area contributed by atoms with E-state index in [1.54, 1.807) is 12.1 Å². The van der Waals surface area contributed by atoms with Crippen molar-refractivity contribution in [3.8, 4) is 17.2 Å². The number of benzene rings is 2. The summed E-state index contributed by atoms with van der Waals surface area (Å²) in [6.45, 7) is 1.77. The van der Waals surface area contributed by atoms with Crippen LogP contribution in [-0.4, -0.2) is 37.8 Å². The highest BCUT2D eigenvalue weighted by Gasteiger charge is 2.29. The molecule has 0 saturated carbocycles. The minimum atomic E-state index is -2.36. The summed E-state index contributed by atoms with van der Waals surface area (Å²) in [6.07, 6.45) is 3.48. The van der Waals surface area contributed by atoms with Gasteiger partial charge in [0.15, 0.2) is 0 Å². The van der Waals surface area contributed by atoms with Gasteiger partial charge in [0.05, 0.1) is 19.9 Å². The van der Waals surface area contributed by atoms with Gasteiger partial charge in [-0.15, -0.1) is 10.2 Å². The number of methoxy groups -OCH3 is 2. The van der Waals surface area contributed by atoms with E-state index in [1.807, 2.05) is 0 Å². The van der Waals surface area contributed by atoms with E-state index in [9.17, 15) is 26.7 Å². The maximum absolute atomic E-state index is 13.9. The van der Waals surface area contributed by atoms with Gasteiger partial charge in [0.2, 0.25) is 34.8 Å². The van der Waals surface area contributed by atoms with Crippen LogP contribution < -0.4 is 19.1 Å². The van der Waals surface area contributed by atoms with Crippen LogP contribution in [-0.2, 0) is 7.05 Å². The predicted octanol–water partition coefficient (Wildman–Crippen LogP) is 5.97. The summed E-state index contributed by atoms with van der Waals surface area (Å²) in [4.78, 5) is 14.6. The van der Waals surface area contributed by atoms with Crippen molar-refractivity contribution in [3.05, 3.63) is 59.2 Å². The minimum absolute atomic E-state index is 0.136. The number of hydrogen-bond donors (Lipinski definition) is 0. The first-order valence-electron chi connectivity index (χ1n) is 11.0. The first kappa shape index (κ1) is 25.9. The SMILES string of the molecule is COc1cc(N2CCCC2)c(OC)cc1/N=N/c1cc(C(=O)Oc2c(F)c(F)c(F)c(F)c2F)n(C)c1. The van der Waals surface area contributed by atoms with Crippen molar-refractivity contribution < 1.29 is 41.0 Å². The summed E-state index contributed by atoms with van der Waals surface area (Å²) in [5.41, 5.74) is 1.04. The molecule has 0 amide bonds. The molecular weight excluding hydrogens is 503 g/mol. The second-order valence-electron chi connectivity index (χ2n) is 8.07. The van der Waals surface area contributed by atoms with Crippen molar-refractivity contribution in [1.82, 2.24) is 4.57 Å². The summed E-state index contributed by atoms with van der Waals surface area (Å²) < 4.78 is 84.5. The minimum Gasteiger partial charge on any atom is -0.494 e. The summed E-state index contributed by atoms with van der Waals surface area (Å²) in [5, 5.41) is 8.22. The zero-order valence-electron chi connectivity index (χ0n) is 19.9. The van der Waals surface area contributed by atoms with Gasteiger partial charge in [0.1, 0.15) is 28.6 Å². The third-order valence-corrected chi connectivity index (χ3v) is 5.76. The molecule has 1 aromatic heterocycles. The number of esters is 1. The van der Waals surface area contributed by atoms with E-state index >= 15 is 0 Å². The Morgan fingerprint density at radius 3 is 2.03 bits per heavy atom. The molecule has 1 aliphatic heterocycles. The van der Waals surface area contributed by atoms with E-state index in [0.717, 1.165) is 31.6 Å². The van der Waals surface area contributed by atoms with E-state index in [0.29, 0.717) is 17.2 Å².